The van der Waals surface area contributed by atoms with E-state index in [0.717, 1.165) is 50.9 Å². The Labute approximate surface area is 228 Å². The highest BCUT2D eigenvalue weighted by Crippen LogP contribution is 2.51. The lowest BCUT2D eigenvalue weighted by Gasteiger charge is -2.33. The van der Waals surface area contributed by atoms with Gasteiger partial charge in [0.15, 0.2) is 11.7 Å². The number of hydrogen-bond donors (Lipinski definition) is 5. The van der Waals surface area contributed by atoms with Gasteiger partial charge in [-0.15, -0.1) is 0 Å². The molecule has 5 rings (SSSR count). The Morgan fingerprint density at radius 2 is 1.49 bits per heavy atom. The Bertz CT molecular complexity index is 1110. The van der Waals surface area contributed by atoms with Gasteiger partial charge in [-0.05, 0) is 41.7 Å². The Morgan fingerprint density at radius 1 is 0.923 bits per heavy atom. The fourth-order valence-electron chi connectivity index (χ4n) is 6.20. The van der Waals surface area contributed by atoms with Crippen LogP contribution >= 0.6 is 0 Å². The van der Waals surface area contributed by atoms with Crippen LogP contribution in [0.3, 0.4) is 0 Å². The number of carbonyl (C=O) groups excluding carboxylic acids is 1. The van der Waals surface area contributed by atoms with Crippen molar-refractivity contribution < 1.29 is 34.8 Å². The van der Waals surface area contributed by atoms with E-state index >= 15 is 0 Å². The summed E-state index contributed by atoms with van der Waals surface area (Å²) in [6.45, 7) is 3.94. The molecule has 1 amide bonds. The maximum absolute atomic E-state index is 13.2. The fourth-order valence-corrected chi connectivity index (χ4v) is 6.20. The number of carboxylic acid groups (broad SMARTS) is 2. The van der Waals surface area contributed by atoms with E-state index in [-0.39, 0.29) is 11.8 Å². The number of likely N-dealkylation sites (tertiary alicyclic amines) is 1. The van der Waals surface area contributed by atoms with Gasteiger partial charge in [-0.1, -0.05) is 73.5 Å². The van der Waals surface area contributed by atoms with E-state index in [1.807, 2.05) is 30.3 Å². The zero-order valence-corrected chi connectivity index (χ0v) is 22.0. The standard InChI is InChI=1S/C26H32N2O2.C4H6O5/c29-25(26(30,21-13-7-8-14-21)20-11-5-2-6-12-20)27-15-22-23-17-28(18-24(22)23)16-19-9-3-1-4-10-19;5-2(4(8)9)1-3(6)7/h1-6,9-12,21-24,30H,7-8,13-18H2,(H,27,29);2,5H,1H2,(H,6,7)(H,8,9). The molecule has 39 heavy (non-hydrogen) atoms. The van der Waals surface area contributed by atoms with Crippen LogP contribution in [-0.4, -0.2) is 68.9 Å². The van der Waals surface area contributed by atoms with Crippen molar-refractivity contribution in [2.75, 3.05) is 19.6 Å². The van der Waals surface area contributed by atoms with Crippen molar-refractivity contribution in [2.45, 2.75) is 50.4 Å². The lowest BCUT2D eigenvalue weighted by molar-refractivity contribution is -0.152. The zero-order chi connectivity index (χ0) is 28.0. The second-order valence-corrected chi connectivity index (χ2v) is 10.9. The number of aliphatic hydroxyl groups excluding tert-OH is 1. The van der Waals surface area contributed by atoms with Gasteiger partial charge in [0.25, 0.3) is 5.91 Å². The second kappa shape index (κ2) is 12.7. The highest BCUT2D eigenvalue weighted by molar-refractivity contribution is 5.86. The summed E-state index contributed by atoms with van der Waals surface area (Å²) >= 11 is 0. The first-order valence-corrected chi connectivity index (χ1v) is 13.6. The number of nitrogens with zero attached hydrogens (tertiary/aromatic N) is 1. The highest BCUT2D eigenvalue weighted by Gasteiger charge is 2.55. The first kappa shape index (κ1) is 28.7. The number of nitrogens with one attached hydrogen (secondary N) is 1. The van der Waals surface area contributed by atoms with Gasteiger partial charge in [0, 0.05) is 32.1 Å². The molecule has 2 aliphatic carbocycles. The van der Waals surface area contributed by atoms with Gasteiger partial charge < -0.3 is 25.7 Å². The molecule has 1 heterocycles. The van der Waals surface area contributed by atoms with Crippen LogP contribution in [0.15, 0.2) is 60.7 Å². The molecule has 1 saturated heterocycles. The average molecular weight is 539 g/mol. The molecule has 2 saturated carbocycles. The number of carbonyl (C=O) groups is 3. The number of aliphatic carboxylic acids is 2. The summed E-state index contributed by atoms with van der Waals surface area (Å²) in [5.74, 6) is -1.10. The van der Waals surface area contributed by atoms with Crippen molar-refractivity contribution in [1.29, 1.82) is 0 Å². The van der Waals surface area contributed by atoms with E-state index in [1.54, 1.807) is 0 Å². The van der Waals surface area contributed by atoms with E-state index in [9.17, 15) is 19.5 Å². The quantitative estimate of drug-likeness (QED) is 0.310. The summed E-state index contributed by atoms with van der Waals surface area (Å²) < 4.78 is 0. The minimum atomic E-state index is -1.79. The SMILES string of the molecule is O=C(NCC1C2CN(Cc3ccccc3)CC12)C(O)(c1ccccc1)C1CCCC1.O=C(O)CC(O)C(=O)O. The second-order valence-electron chi connectivity index (χ2n) is 10.9. The largest absolute Gasteiger partial charge is 0.481 e. The molecular formula is C30H38N2O7. The first-order chi connectivity index (χ1) is 18.7. The van der Waals surface area contributed by atoms with Gasteiger partial charge in [0.2, 0.25) is 0 Å². The number of piperidine rings is 1. The average Bonchev–Trinajstić information content (AvgIpc) is 3.30. The lowest BCUT2D eigenvalue weighted by atomic mass is 9.79. The summed E-state index contributed by atoms with van der Waals surface area (Å²) in [4.78, 5) is 35.2. The molecule has 3 fully saturated rings. The molecule has 210 valence electrons. The Kier molecular flexibility index (Phi) is 9.37. The number of fused-ring (bicyclic) bond motifs is 1. The molecule has 4 unspecified atom stereocenters. The lowest BCUT2D eigenvalue weighted by Crippen LogP contribution is -2.49. The molecule has 0 spiro atoms. The van der Waals surface area contributed by atoms with Crippen LogP contribution in [0.25, 0.3) is 0 Å². The smallest absolute Gasteiger partial charge is 0.333 e. The normalized spacial score (nSPS) is 24.5. The number of benzene rings is 2. The molecule has 0 bridgehead atoms. The van der Waals surface area contributed by atoms with Crippen molar-refractivity contribution in [3.8, 4) is 0 Å². The molecule has 0 radical (unpaired) electrons. The number of carboxylic acids is 2. The molecule has 2 aromatic rings. The summed E-state index contributed by atoms with van der Waals surface area (Å²) in [7, 11) is 0. The van der Waals surface area contributed by atoms with E-state index in [4.69, 9.17) is 15.3 Å². The van der Waals surface area contributed by atoms with Crippen molar-refractivity contribution in [3.05, 3.63) is 71.8 Å². The number of aliphatic hydroxyl groups is 2. The predicted molar refractivity (Wildman–Crippen MR) is 143 cm³/mol. The summed E-state index contributed by atoms with van der Waals surface area (Å²) in [5.41, 5.74) is 0.703. The van der Waals surface area contributed by atoms with Crippen LogP contribution in [0.1, 0.15) is 43.2 Å². The maximum atomic E-state index is 13.2. The van der Waals surface area contributed by atoms with Crippen LogP contribution in [0.4, 0.5) is 0 Å². The van der Waals surface area contributed by atoms with Crippen LogP contribution < -0.4 is 5.32 Å². The maximum Gasteiger partial charge on any atom is 0.333 e. The van der Waals surface area contributed by atoms with Gasteiger partial charge in [0.05, 0.1) is 6.42 Å². The van der Waals surface area contributed by atoms with Crippen LogP contribution in [0.5, 0.6) is 0 Å². The third kappa shape index (κ3) is 7.03. The van der Waals surface area contributed by atoms with Crippen molar-refractivity contribution in [3.63, 3.8) is 0 Å². The molecular weight excluding hydrogens is 500 g/mol. The minimum absolute atomic E-state index is 0.0139. The fraction of sp³-hybridized carbons (Fsp3) is 0.500. The van der Waals surface area contributed by atoms with E-state index < -0.39 is 30.1 Å². The monoisotopic (exact) mass is 538 g/mol. The van der Waals surface area contributed by atoms with Crippen molar-refractivity contribution in [2.24, 2.45) is 23.7 Å². The molecule has 5 N–H and O–H groups in total. The Hall–Kier alpha value is -3.27. The van der Waals surface area contributed by atoms with Gasteiger partial charge >= 0.3 is 11.9 Å². The molecule has 2 aromatic carbocycles. The van der Waals surface area contributed by atoms with Crippen LogP contribution in [-0.2, 0) is 26.5 Å². The molecule has 9 nitrogen and oxygen atoms in total. The Morgan fingerprint density at radius 3 is 2.00 bits per heavy atom. The number of rotatable bonds is 10. The summed E-state index contributed by atoms with van der Waals surface area (Å²) in [5, 5.41) is 38.9. The van der Waals surface area contributed by atoms with Crippen molar-refractivity contribution >= 4 is 17.8 Å². The zero-order valence-electron chi connectivity index (χ0n) is 22.0. The molecule has 3 aliphatic rings. The van der Waals surface area contributed by atoms with Gasteiger partial charge in [-0.3, -0.25) is 14.5 Å². The van der Waals surface area contributed by atoms with E-state index in [2.05, 4.69) is 40.5 Å². The van der Waals surface area contributed by atoms with Gasteiger partial charge in [0.1, 0.15) is 0 Å². The Balaban J connectivity index is 0.000000340. The number of hydrogen-bond acceptors (Lipinski definition) is 6. The topological polar surface area (TPSA) is 147 Å². The molecule has 9 heteroatoms. The van der Waals surface area contributed by atoms with Crippen LogP contribution in [0.2, 0.25) is 0 Å². The third-order valence-corrected chi connectivity index (χ3v) is 8.35. The minimum Gasteiger partial charge on any atom is -0.481 e. The molecule has 4 atom stereocenters. The highest BCUT2D eigenvalue weighted by atomic mass is 16.4. The molecule has 1 aliphatic heterocycles. The summed E-state index contributed by atoms with van der Waals surface area (Å²) in [6, 6.07) is 20.2. The molecule has 0 aromatic heterocycles. The van der Waals surface area contributed by atoms with E-state index in [0.29, 0.717) is 24.3 Å². The first-order valence-electron chi connectivity index (χ1n) is 13.6. The van der Waals surface area contributed by atoms with E-state index in [1.165, 1.54) is 5.56 Å². The summed E-state index contributed by atoms with van der Waals surface area (Å²) in [6.07, 6.45) is 1.48. The van der Waals surface area contributed by atoms with Gasteiger partial charge in [-0.2, -0.15) is 0 Å². The van der Waals surface area contributed by atoms with Crippen LogP contribution in [0, 0.1) is 23.7 Å². The predicted octanol–water partition coefficient (Wildman–Crippen LogP) is 2.47. The third-order valence-electron chi connectivity index (χ3n) is 8.35. The van der Waals surface area contributed by atoms with Gasteiger partial charge in [-0.25, -0.2) is 4.79 Å². The number of amides is 1. The van der Waals surface area contributed by atoms with Crippen molar-refractivity contribution in [1.82, 2.24) is 10.2 Å².